The first-order valence-corrected chi connectivity index (χ1v) is 4.94. The number of nitrogens with zero attached hydrogens (tertiary/aromatic N) is 2. The van der Waals surface area contributed by atoms with Crippen LogP contribution in [0.15, 0.2) is 0 Å². The molecule has 0 rings (SSSR count). The Morgan fingerprint density at radius 3 is 1.29 bits per heavy atom. The van der Waals surface area contributed by atoms with Gasteiger partial charge in [0.1, 0.15) is 0 Å². The van der Waals surface area contributed by atoms with Crippen molar-refractivity contribution in [3.05, 3.63) is 0 Å². The summed E-state index contributed by atoms with van der Waals surface area (Å²) in [6, 6.07) is 2.47. The maximum absolute atomic E-state index is 7.26. The molecule has 38 valence electrons. The zero-order valence-electron chi connectivity index (χ0n) is 4.60. The molecule has 0 aliphatic carbocycles. The Bertz CT molecular complexity index is 74.8. The van der Waals surface area contributed by atoms with Crippen molar-refractivity contribution < 1.29 is 0 Å². The second-order valence-electron chi connectivity index (χ2n) is 0.931. The summed E-state index contributed by atoms with van der Waals surface area (Å²) in [5.74, 6) is 0. The Morgan fingerprint density at radius 1 is 1.14 bits per heavy atom. The molecule has 0 aliphatic heterocycles. The van der Waals surface area contributed by atoms with Gasteiger partial charge in [-0.2, -0.15) is 10.5 Å². The highest BCUT2D eigenvalue weighted by molar-refractivity contribution is 6.31. The summed E-state index contributed by atoms with van der Waals surface area (Å²) in [6.07, 6.45) is 0. The van der Waals surface area contributed by atoms with Gasteiger partial charge in [0.2, 0.25) is 0 Å². The molecule has 0 saturated heterocycles. The van der Waals surface area contributed by atoms with E-state index in [1.807, 2.05) is 0 Å². The fourth-order valence-electron chi connectivity index (χ4n) is 0. The van der Waals surface area contributed by atoms with E-state index >= 15 is 0 Å². The summed E-state index contributed by atoms with van der Waals surface area (Å²) in [5, 5.41) is 14.5. The van der Waals surface area contributed by atoms with Crippen LogP contribution in [-0.4, -0.2) is 9.52 Å². The molecular weight excluding hydrogens is 104 g/mol. The first-order valence-electron chi connectivity index (χ1n) is 2.11. The predicted octanol–water partition coefficient (Wildman–Crippen LogP) is 0.285. The zero-order valence-corrected chi connectivity index (χ0v) is 6.02. The molecule has 0 aromatic carbocycles. The van der Waals surface area contributed by atoms with Crippen LogP contribution >= 0.6 is 0 Å². The molecule has 0 aromatic heterocycles. The van der Waals surface area contributed by atoms with E-state index in [0.29, 0.717) is 9.52 Å². The van der Waals surface area contributed by atoms with Crippen molar-refractivity contribution in [2.75, 3.05) is 0 Å². The quantitative estimate of drug-likeness (QED) is 0.423. The van der Waals surface area contributed by atoms with Gasteiger partial charge >= 0.3 is 0 Å². The summed E-state index contributed by atoms with van der Waals surface area (Å²) < 4.78 is 0. The largest absolute Gasteiger partial charge is 0.181 e. The molecule has 0 fully saturated rings. The smallest absolute Gasteiger partial charge is 0.181 e. The van der Waals surface area contributed by atoms with Gasteiger partial charge in [-0.1, -0.05) is 13.1 Å². The van der Waals surface area contributed by atoms with Crippen LogP contribution in [-0.2, 0) is 0 Å². The molecular formula is C4H8N2Si. The molecule has 0 aliphatic rings. The highest BCUT2D eigenvalue weighted by atomic mass is 28.2. The van der Waals surface area contributed by atoms with Gasteiger partial charge in [0.05, 0.1) is 0 Å². The van der Waals surface area contributed by atoms with E-state index in [9.17, 15) is 0 Å². The minimum Gasteiger partial charge on any atom is -0.181 e. The molecule has 2 nitrogen and oxygen atoms in total. The van der Waals surface area contributed by atoms with Crippen molar-refractivity contribution in [2.45, 2.75) is 13.1 Å². The fraction of sp³-hybridized carbons (Fsp3) is 0.500. The van der Waals surface area contributed by atoms with E-state index in [-0.39, 0.29) is 0 Å². The molecule has 0 bridgehead atoms. The molecule has 0 heterocycles. The molecule has 0 N–H and O–H groups in total. The summed E-state index contributed by atoms with van der Waals surface area (Å²) in [7, 11) is 0.417. The number of nitriles is 2. The molecule has 0 saturated carbocycles. The zero-order chi connectivity index (χ0) is 6.12. The summed E-state index contributed by atoms with van der Waals surface area (Å²) in [4.78, 5) is 0. The van der Waals surface area contributed by atoms with Gasteiger partial charge in [0, 0.05) is 9.52 Å². The number of hydrogen-bond donors (Lipinski definition) is 0. The van der Waals surface area contributed by atoms with Crippen molar-refractivity contribution in [2.24, 2.45) is 0 Å². The highest BCUT2D eigenvalue weighted by Crippen LogP contribution is 1.36. The first-order chi connectivity index (χ1) is 3.33. The highest BCUT2D eigenvalue weighted by Gasteiger charge is 1.39. The van der Waals surface area contributed by atoms with Crippen molar-refractivity contribution in [1.29, 1.82) is 10.5 Å². The lowest BCUT2D eigenvalue weighted by atomic mass is 10.9. The van der Waals surface area contributed by atoms with Gasteiger partial charge in [-0.15, -0.1) is 0 Å². The van der Waals surface area contributed by atoms with E-state index in [4.69, 9.17) is 10.5 Å². The topological polar surface area (TPSA) is 47.6 Å². The average Bonchev–Trinajstić information content (AvgIpc) is 1.69. The standard InChI is InChI=1S/C2N2.C2H8Si/c3-1-2-4;1-3-2/h;3H2,1-2H3. The van der Waals surface area contributed by atoms with Gasteiger partial charge in [-0.25, -0.2) is 0 Å². The SMILES string of the molecule is C[SiH2]C.N#CC#N. The summed E-state index contributed by atoms with van der Waals surface area (Å²) in [6.45, 7) is 4.53. The Kier molecular flexibility index (Phi) is 25.7. The monoisotopic (exact) mass is 112 g/mol. The third-order valence-corrected chi connectivity index (χ3v) is 0.0500. The van der Waals surface area contributed by atoms with E-state index in [0.717, 1.165) is 0 Å². The van der Waals surface area contributed by atoms with Crippen LogP contribution in [0.5, 0.6) is 0 Å². The van der Waals surface area contributed by atoms with Crippen LogP contribution in [0.2, 0.25) is 13.1 Å². The normalized spacial score (nSPS) is 4.00. The Balaban J connectivity index is 0. The molecule has 0 radical (unpaired) electrons. The minimum atomic E-state index is 0.417. The predicted molar refractivity (Wildman–Crippen MR) is 31.5 cm³/mol. The van der Waals surface area contributed by atoms with Crippen molar-refractivity contribution >= 4 is 9.52 Å². The second kappa shape index (κ2) is 19.0. The van der Waals surface area contributed by atoms with Gasteiger partial charge in [-0.05, 0) is 0 Å². The summed E-state index contributed by atoms with van der Waals surface area (Å²) in [5.41, 5.74) is 0. The van der Waals surface area contributed by atoms with Gasteiger partial charge in [-0.3, -0.25) is 0 Å². The lowest BCUT2D eigenvalue weighted by Gasteiger charge is -1.45. The van der Waals surface area contributed by atoms with Gasteiger partial charge in [0.15, 0.2) is 12.1 Å². The third kappa shape index (κ3) is 1370. The number of rotatable bonds is 0. The lowest BCUT2D eigenvalue weighted by molar-refractivity contribution is 1.49. The number of hydrogen-bond acceptors (Lipinski definition) is 2. The third-order valence-electron chi connectivity index (χ3n) is 0.0500. The Hall–Kier alpha value is -0.803. The van der Waals surface area contributed by atoms with Crippen molar-refractivity contribution in [1.82, 2.24) is 0 Å². The van der Waals surface area contributed by atoms with E-state index in [1.54, 1.807) is 0 Å². The minimum absolute atomic E-state index is 0.417. The average molecular weight is 112 g/mol. The fourth-order valence-corrected chi connectivity index (χ4v) is 0. The molecule has 0 atom stereocenters. The van der Waals surface area contributed by atoms with Gasteiger partial charge in [0.25, 0.3) is 0 Å². The van der Waals surface area contributed by atoms with E-state index < -0.39 is 0 Å². The maximum Gasteiger partial charge on any atom is 0.181 e. The molecule has 7 heavy (non-hydrogen) atoms. The van der Waals surface area contributed by atoms with Crippen LogP contribution in [0.1, 0.15) is 0 Å². The van der Waals surface area contributed by atoms with E-state index in [1.165, 1.54) is 12.1 Å². The lowest BCUT2D eigenvalue weighted by Crippen LogP contribution is -1.53. The van der Waals surface area contributed by atoms with Crippen LogP contribution in [0.4, 0.5) is 0 Å². The molecule has 0 unspecified atom stereocenters. The molecule has 0 aromatic rings. The Labute approximate surface area is 46.2 Å². The molecule has 3 heteroatoms. The van der Waals surface area contributed by atoms with Crippen molar-refractivity contribution in [3.8, 4) is 12.1 Å². The second-order valence-corrected chi connectivity index (χ2v) is 2.34. The van der Waals surface area contributed by atoms with Crippen LogP contribution < -0.4 is 0 Å². The van der Waals surface area contributed by atoms with Crippen molar-refractivity contribution in [3.63, 3.8) is 0 Å². The maximum atomic E-state index is 7.26. The van der Waals surface area contributed by atoms with E-state index in [2.05, 4.69) is 13.1 Å². The summed E-state index contributed by atoms with van der Waals surface area (Å²) >= 11 is 0. The first kappa shape index (κ1) is 9.50. The molecule has 0 spiro atoms. The van der Waals surface area contributed by atoms with Crippen LogP contribution in [0, 0.1) is 22.7 Å². The van der Waals surface area contributed by atoms with Crippen LogP contribution in [0.3, 0.4) is 0 Å². The molecule has 0 amide bonds. The van der Waals surface area contributed by atoms with Crippen LogP contribution in [0.25, 0.3) is 0 Å². The van der Waals surface area contributed by atoms with Gasteiger partial charge < -0.3 is 0 Å². The Morgan fingerprint density at radius 2 is 1.29 bits per heavy atom.